The van der Waals surface area contributed by atoms with E-state index in [1.807, 2.05) is 36.0 Å². The summed E-state index contributed by atoms with van der Waals surface area (Å²) < 4.78 is 12.9. The highest BCUT2D eigenvalue weighted by atomic mass is 32.1. The average Bonchev–Trinajstić information content (AvgIpc) is 3.38. The molecule has 4 nitrogen and oxygen atoms in total. The van der Waals surface area contributed by atoms with E-state index in [2.05, 4.69) is 63.9 Å². The summed E-state index contributed by atoms with van der Waals surface area (Å²) in [5.74, 6) is 0. The van der Waals surface area contributed by atoms with Crippen molar-refractivity contribution >= 4 is 30.3 Å². The molecular weight excluding hydrogens is 417 g/mol. The van der Waals surface area contributed by atoms with Crippen LogP contribution in [0.1, 0.15) is 62.5 Å². The van der Waals surface area contributed by atoms with Gasteiger partial charge in [0.15, 0.2) is 0 Å². The molecule has 0 atom stereocenters. The van der Waals surface area contributed by atoms with Crippen molar-refractivity contribution in [3.05, 3.63) is 82.4 Å². The van der Waals surface area contributed by atoms with Gasteiger partial charge < -0.3 is 9.31 Å². The third kappa shape index (κ3) is 4.23. The summed E-state index contributed by atoms with van der Waals surface area (Å²) in [6, 6.07) is 16.2. The Morgan fingerprint density at radius 1 is 0.969 bits per heavy atom. The fourth-order valence-corrected chi connectivity index (χ4v) is 4.50. The number of hydrogen-bond acceptors (Lipinski definition) is 5. The van der Waals surface area contributed by atoms with Gasteiger partial charge in [0.1, 0.15) is 6.29 Å². The molecule has 0 radical (unpaired) electrons. The quantitative estimate of drug-likeness (QED) is 0.323. The van der Waals surface area contributed by atoms with Crippen LogP contribution in [0.2, 0.25) is 0 Å². The van der Waals surface area contributed by atoms with Crippen LogP contribution in [0, 0.1) is 0 Å². The summed E-state index contributed by atoms with van der Waals surface area (Å²) in [4.78, 5) is 16.5. The molecule has 1 saturated heterocycles. The summed E-state index contributed by atoms with van der Waals surface area (Å²) in [5, 5.41) is 0. The Hall–Kier alpha value is -2.54. The van der Waals surface area contributed by atoms with E-state index in [0.717, 1.165) is 45.3 Å². The number of carbonyl (C=O) groups is 1. The summed E-state index contributed by atoms with van der Waals surface area (Å²) in [7, 11) is -0.438. The van der Waals surface area contributed by atoms with E-state index in [1.165, 1.54) is 0 Å². The summed E-state index contributed by atoms with van der Waals surface area (Å²) in [5.41, 5.74) is 7.10. The van der Waals surface area contributed by atoms with Gasteiger partial charge in [-0.2, -0.15) is 0 Å². The van der Waals surface area contributed by atoms with Crippen LogP contribution < -0.4 is 0 Å². The molecule has 1 aromatic heterocycles. The van der Waals surface area contributed by atoms with E-state index in [9.17, 15) is 4.79 Å². The second-order valence-electron chi connectivity index (χ2n) is 9.02. The zero-order chi connectivity index (χ0) is 22.9. The number of allylic oxidation sites excluding steroid dienone is 1. The van der Waals surface area contributed by atoms with Gasteiger partial charge in [0.25, 0.3) is 0 Å². The van der Waals surface area contributed by atoms with Gasteiger partial charge in [-0.05, 0) is 61.9 Å². The van der Waals surface area contributed by atoms with Crippen molar-refractivity contribution in [2.75, 3.05) is 0 Å². The molecule has 0 spiro atoms. The lowest BCUT2D eigenvalue weighted by Gasteiger charge is -2.32. The molecule has 1 fully saturated rings. The van der Waals surface area contributed by atoms with Crippen molar-refractivity contribution in [2.45, 2.75) is 52.2 Å². The largest absolute Gasteiger partial charge is 0.491 e. The first-order valence-electron chi connectivity index (χ1n) is 10.9. The molecule has 1 aliphatic rings. The molecule has 4 rings (SSSR count). The van der Waals surface area contributed by atoms with Gasteiger partial charge in [-0.25, -0.2) is 0 Å². The number of thiazole rings is 1. The summed E-state index contributed by atoms with van der Waals surface area (Å²) in [6.07, 6.45) is 3.53. The number of nitrogens with zero attached hydrogens (tertiary/aromatic N) is 1. The van der Waals surface area contributed by atoms with Crippen molar-refractivity contribution in [1.29, 1.82) is 0 Å². The molecule has 0 saturated carbocycles. The van der Waals surface area contributed by atoms with Crippen LogP contribution in [0.5, 0.6) is 0 Å². The number of aromatic nitrogens is 1. The molecule has 0 bridgehead atoms. The van der Waals surface area contributed by atoms with Crippen molar-refractivity contribution in [3.63, 3.8) is 0 Å². The van der Waals surface area contributed by atoms with E-state index in [0.29, 0.717) is 5.56 Å². The van der Waals surface area contributed by atoms with Crippen LogP contribution >= 0.6 is 11.3 Å². The Kier molecular flexibility index (Phi) is 6.21. The minimum Gasteiger partial charge on any atom is -0.400 e. The highest BCUT2D eigenvalue weighted by molar-refractivity contribution is 7.13. The molecule has 0 unspecified atom stereocenters. The maximum Gasteiger partial charge on any atom is 0.491 e. The minimum absolute atomic E-state index is 0.416. The second-order valence-corrected chi connectivity index (χ2v) is 9.91. The van der Waals surface area contributed by atoms with Gasteiger partial charge in [-0.15, -0.1) is 11.3 Å². The Balaban J connectivity index is 1.84. The van der Waals surface area contributed by atoms with Gasteiger partial charge in [-0.3, -0.25) is 9.78 Å². The van der Waals surface area contributed by atoms with Gasteiger partial charge in [0, 0.05) is 11.8 Å². The Bertz CT molecular complexity index is 1100. The van der Waals surface area contributed by atoms with Crippen molar-refractivity contribution in [1.82, 2.24) is 4.98 Å². The monoisotopic (exact) mass is 445 g/mol. The lowest BCUT2D eigenvalue weighted by molar-refractivity contribution is 0.00578. The first kappa shape index (κ1) is 22.7. The summed E-state index contributed by atoms with van der Waals surface area (Å²) >= 11 is 1.63. The lowest BCUT2D eigenvalue weighted by atomic mass is 9.70. The van der Waals surface area contributed by atoms with E-state index in [-0.39, 0.29) is 0 Å². The highest BCUT2D eigenvalue weighted by Crippen LogP contribution is 2.42. The number of rotatable bonds is 6. The fourth-order valence-electron chi connectivity index (χ4n) is 3.87. The second kappa shape index (κ2) is 8.78. The molecule has 164 valence electrons. The molecule has 6 heteroatoms. The van der Waals surface area contributed by atoms with E-state index < -0.39 is 18.3 Å². The molecule has 0 aliphatic carbocycles. The molecule has 0 amide bonds. The van der Waals surface area contributed by atoms with E-state index in [4.69, 9.17) is 9.31 Å². The fraction of sp³-hybridized carbons (Fsp3) is 0.308. The van der Waals surface area contributed by atoms with Crippen molar-refractivity contribution < 1.29 is 14.1 Å². The maximum absolute atomic E-state index is 11.2. The van der Waals surface area contributed by atoms with E-state index >= 15 is 0 Å². The Morgan fingerprint density at radius 3 is 2.00 bits per heavy atom. The Labute approximate surface area is 194 Å². The third-order valence-electron chi connectivity index (χ3n) is 6.47. The molecule has 2 heterocycles. The van der Waals surface area contributed by atoms with Crippen molar-refractivity contribution in [2.24, 2.45) is 0 Å². The van der Waals surface area contributed by atoms with Gasteiger partial charge >= 0.3 is 7.12 Å². The van der Waals surface area contributed by atoms with Crippen LogP contribution in [-0.2, 0) is 9.31 Å². The zero-order valence-corrected chi connectivity index (χ0v) is 20.0. The third-order valence-corrected chi connectivity index (χ3v) is 7.29. The van der Waals surface area contributed by atoms with Crippen LogP contribution in [0.3, 0.4) is 0 Å². The average molecular weight is 445 g/mol. The highest BCUT2D eigenvalue weighted by Gasteiger charge is 2.52. The molecule has 0 N–H and O–H groups in total. The predicted octanol–water partition coefficient (Wildman–Crippen LogP) is 6.47. The normalized spacial score (nSPS) is 17.8. The molecular formula is C26H28BNO3S. The van der Waals surface area contributed by atoms with Crippen molar-refractivity contribution in [3.8, 4) is 10.4 Å². The van der Waals surface area contributed by atoms with Crippen LogP contribution in [-0.4, -0.2) is 29.6 Å². The van der Waals surface area contributed by atoms with E-state index in [1.54, 1.807) is 11.3 Å². The number of aldehydes is 1. The predicted molar refractivity (Wildman–Crippen MR) is 132 cm³/mol. The van der Waals surface area contributed by atoms with Crippen LogP contribution in [0.4, 0.5) is 0 Å². The molecule has 2 aromatic carbocycles. The molecule has 1 aliphatic heterocycles. The lowest BCUT2D eigenvalue weighted by Crippen LogP contribution is -2.41. The smallest absolute Gasteiger partial charge is 0.400 e. The molecule has 3 aromatic rings. The van der Waals surface area contributed by atoms with Gasteiger partial charge in [-0.1, -0.05) is 55.5 Å². The van der Waals surface area contributed by atoms with Gasteiger partial charge in [0.2, 0.25) is 0 Å². The number of carbonyl (C=O) groups excluding carboxylic acids is 1. The minimum atomic E-state index is -0.438. The van der Waals surface area contributed by atoms with Gasteiger partial charge in [0.05, 0.1) is 21.6 Å². The van der Waals surface area contributed by atoms with Crippen LogP contribution in [0.15, 0.2) is 65.7 Å². The number of benzene rings is 2. The first-order valence-corrected chi connectivity index (χ1v) is 11.8. The number of hydrogen-bond donors (Lipinski definition) is 0. The standard InChI is InChI=1S/C26H28BNO3S/c1-6-22(27-30-25(2,3)26(4,5)31-27)24(20-9-7-18(16-29)8-10-20)21-13-11-19(12-14-21)23-15-28-17-32-23/h7-17H,6H2,1-5H3. The first-order chi connectivity index (χ1) is 15.3. The van der Waals surface area contributed by atoms with Crippen LogP contribution in [0.25, 0.3) is 16.0 Å². The summed E-state index contributed by atoms with van der Waals surface area (Å²) in [6.45, 7) is 10.4. The SMILES string of the molecule is CCC(B1OC(C)(C)C(C)(C)O1)=C(c1ccc(C=O)cc1)c1ccc(-c2cncs2)cc1. The zero-order valence-electron chi connectivity index (χ0n) is 19.2. The Morgan fingerprint density at radius 2 is 1.53 bits per heavy atom. The topological polar surface area (TPSA) is 48.4 Å². The molecule has 32 heavy (non-hydrogen) atoms. The maximum atomic E-state index is 11.2.